The van der Waals surface area contributed by atoms with Gasteiger partial charge in [0.05, 0.1) is 0 Å². The molecule has 1 atom stereocenters. The second kappa shape index (κ2) is 2.95. The Morgan fingerprint density at radius 2 is 2.27 bits per heavy atom. The summed E-state index contributed by atoms with van der Waals surface area (Å²) < 4.78 is 0. The van der Waals surface area contributed by atoms with Gasteiger partial charge in [0, 0.05) is 17.9 Å². The maximum absolute atomic E-state index is 3.48. The van der Waals surface area contributed by atoms with Crippen molar-refractivity contribution < 1.29 is 0 Å². The van der Waals surface area contributed by atoms with Crippen molar-refractivity contribution in [3.63, 3.8) is 0 Å². The lowest BCUT2D eigenvalue weighted by Gasteiger charge is -2.05. The van der Waals surface area contributed by atoms with Crippen molar-refractivity contribution in [3.05, 3.63) is 35.4 Å². The fourth-order valence-electron chi connectivity index (χ4n) is 1.52. The van der Waals surface area contributed by atoms with Gasteiger partial charge >= 0.3 is 0 Å². The Labute approximate surface area is 74.9 Å². The van der Waals surface area contributed by atoms with Crippen LogP contribution in [0.4, 0.5) is 0 Å². The Morgan fingerprint density at radius 3 is 3.09 bits per heavy atom. The zero-order chi connectivity index (χ0) is 7.68. The van der Waals surface area contributed by atoms with Crippen LogP contribution in [0, 0.1) is 0 Å². The number of fused-ring (bicyclic) bond motifs is 1. The molecule has 2 heteroatoms. The Hall–Kier alpha value is -0.340. The first-order valence-electron chi connectivity index (χ1n) is 3.79. The summed E-state index contributed by atoms with van der Waals surface area (Å²) in [6.07, 6.45) is 0. The van der Waals surface area contributed by atoms with Gasteiger partial charge in [0.1, 0.15) is 0 Å². The van der Waals surface area contributed by atoms with Gasteiger partial charge in [-0.15, -0.1) is 0 Å². The molecule has 1 nitrogen and oxygen atoms in total. The lowest BCUT2D eigenvalue weighted by Crippen LogP contribution is -2.12. The molecule has 0 spiro atoms. The predicted octanol–water partition coefficient (Wildman–Crippen LogP) is 2.23. The summed E-state index contributed by atoms with van der Waals surface area (Å²) in [4.78, 5) is 0. The quantitative estimate of drug-likeness (QED) is 0.704. The van der Waals surface area contributed by atoms with E-state index in [9.17, 15) is 0 Å². The Morgan fingerprint density at radius 1 is 1.45 bits per heavy atom. The van der Waals surface area contributed by atoms with Gasteiger partial charge in [0.15, 0.2) is 0 Å². The zero-order valence-electron chi connectivity index (χ0n) is 6.18. The van der Waals surface area contributed by atoms with Gasteiger partial charge in [-0.05, 0) is 11.1 Å². The van der Waals surface area contributed by atoms with Crippen LogP contribution in [-0.2, 0) is 6.54 Å². The van der Waals surface area contributed by atoms with Crippen LogP contribution in [0.15, 0.2) is 24.3 Å². The number of halogens is 1. The molecular formula is C9H10BrN. The van der Waals surface area contributed by atoms with Crippen molar-refractivity contribution in [2.75, 3.05) is 5.33 Å². The highest BCUT2D eigenvalue weighted by Crippen LogP contribution is 2.25. The van der Waals surface area contributed by atoms with E-state index in [2.05, 4.69) is 45.5 Å². The molecule has 58 valence electrons. The van der Waals surface area contributed by atoms with Gasteiger partial charge in [-0.25, -0.2) is 0 Å². The summed E-state index contributed by atoms with van der Waals surface area (Å²) in [6, 6.07) is 9.09. The average Bonchev–Trinajstić information content (AvgIpc) is 2.47. The normalized spacial score (nSPS) is 21.7. The molecule has 1 N–H and O–H groups in total. The number of hydrogen-bond donors (Lipinski definition) is 1. The number of rotatable bonds is 1. The molecular weight excluding hydrogens is 202 g/mol. The van der Waals surface area contributed by atoms with E-state index in [1.807, 2.05) is 0 Å². The van der Waals surface area contributed by atoms with Crippen molar-refractivity contribution in [1.82, 2.24) is 5.32 Å². The van der Waals surface area contributed by atoms with E-state index < -0.39 is 0 Å². The topological polar surface area (TPSA) is 12.0 Å². The van der Waals surface area contributed by atoms with Crippen molar-refractivity contribution in [2.45, 2.75) is 12.6 Å². The molecule has 1 heterocycles. The van der Waals surface area contributed by atoms with E-state index in [1.165, 1.54) is 11.1 Å². The molecule has 0 saturated heterocycles. The molecule has 1 aromatic carbocycles. The van der Waals surface area contributed by atoms with Crippen molar-refractivity contribution in [2.24, 2.45) is 0 Å². The fraction of sp³-hybridized carbons (Fsp3) is 0.333. The SMILES string of the molecule is BrCC1NCc2ccccc21. The molecule has 0 saturated carbocycles. The molecule has 1 aliphatic heterocycles. The lowest BCUT2D eigenvalue weighted by molar-refractivity contribution is 0.645. The van der Waals surface area contributed by atoms with E-state index >= 15 is 0 Å². The Kier molecular flexibility index (Phi) is 1.96. The van der Waals surface area contributed by atoms with E-state index in [0.29, 0.717) is 6.04 Å². The number of hydrogen-bond acceptors (Lipinski definition) is 1. The minimum Gasteiger partial charge on any atom is -0.305 e. The molecule has 0 aromatic heterocycles. The third kappa shape index (κ3) is 1.21. The van der Waals surface area contributed by atoms with Crippen molar-refractivity contribution in [1.29, 1.82) is 0 Å². The first kappa shape index (κ1) is 7.32. The fourth-order valence-corrected chi connectivity index (χ4v) is 2.09. The first-order valence-corrected chi connectivity index (χ1v) is 4.91. The first-order chi connectivity index (χ1) is 5.42. The predicted molar refractivity (Wildman–Crippen MR) is 49.8 cm³/mol. The zero-order valence-corrected chi connectivity index (χ0v) is 7.76. The maximum atomic E-state index is 3.48. The van der Waals surface area contributed by atoms with Crippen molar-refractivity contribution in [3.8, 4) is 0 Å². The van der Waals surface area contributed by atoms with Crippen molar-refractivity contribution >= 4 is 15.9 Å². The summed E-state index contributed by atoms with van der Waals surface area (Å²) in [5.74, 6) is 0. The molecule has 1 unspecified atom stereocenters. The van der Waals surface area contributed by atoms with E-state index in [0.717, 1.165) is 11.9 Å². The van der Waals surface area contributed by atoms with Crippen LogP contribution in [0.3, 0.4) is 0 Å². The minimum absolute atomic E-state index is 0.520. The highest BCUT2D eigenvalue weighted by atomic mass is 79.9. The van der Waals surface area contributed by atoms with Crippen LogP contribution in [0.5, 0.6) is 0 Å². The molecule has 1 aromatic rings. The number of alkyl halides is 1. The average molecular weight is 212 g/mol. The summed E-state index contributed by atoms with van der Waals surface area (Å²) >= 11 is 3.48. The number of nitrogens with one attached hydrogen (secondary N) is 1. The lowest BCUT2D eigenvalue weighted by atomic mass is 10.1. The summed E-state index contributed by atoms with van der Waals surface area (Å²) in [5, 5.41) is 4.43. The number of benzene rings is 1. The van der Waals surface area contributed by atoms with Crippen LogP contribution >= 0.6 is 15.9 Å². The Bertz CT molecular complexity index is 259. The smallest absolute Gasteiger partial charge is 0.0424 e. The van der Waals surface area contributed by atoms with E-state index in [1.54, 1.807) is 0 Å². The molecule has 11 heavy (non-hydrogen) atoms. The molecule has 0 amide bonds. The van der Waals surface area contributed by atoms with Gasteiger partial charge in [-0.2, -0.15) is 0 Å². The van der Waals surface area contributed by atoms with Crippen LogP contribution in [0.25, 0.3) is 0 Å². The molecule has 0 radical (unpaired) electrons. The van der Waals surface area contributed by atoms with E-state index in [4.69, 9.17) is 0 Å². The molecule has 0 aliphatic carbocycles. The van der Waals surface area contributed by atoms with Gasteiger partial charge < -0.3 is 5.32 Å². The second-order valence-electron chi connectivity index (χ2n) is 2.79. The maximum Gasteiger partial charge on any atom is 0.0424 e. The molecule has 2 rings (SSSR count). The molecule has 0 bridgehead atoms. The highest BCUT2D eigenvalue weighted by Gasteiger charge is 2.18. The summed E-state index contributed by atoms with van der Waals surface area (Å²) in [6.45, 7) is 1.02. The van der Waals surface area contributed by atoms with Gasteiger partial charge in [-0.1, -0.05) is 40.2 Å². The summed E-state index contributed by atoms with van der Waals surface area (Å²) in [7, 11) is 0. The third-order valence-electron chi connectivity index (χ3n) is 2.12. The van der Waals surface area contributed by atoms with Crippen LogP contribution < -0.4 is 5.32 Å². The summed E-state index contributed by atoms with van der Waals surface area (Å²) in [5.41, 5.74) is 2.89. The van der Waals surface area contributed by atoms with E-state index in [-0.39, 0.29) is 0 Å². The highest BCUT2D eigenvalue weighted by molar-refractivity contribution is 9.09. The molecule has 0 fully saturated rings. The monoisotopic (exact) mass is 211 g/mol. The van der Waals surface area contributed by atoms with Gasteiger partial charge in [0.2, 0.25) is 0 Å². The van der Waals surface area contributed by atoms with Crippen LogP contribution in [0.1, 0.15) is 17.2 Å². The largest absolute Gasteiger partial charge is 0.305 e. The standard InChI is InChI=1S/C9H10BrN/c10-5-9-8-4-2-1-3-7(8)6-11-9/h1-4,9,11H,5-6H2. The second-order valence-corrected chi connectivity index (χ2v) is 3.43. The Balaban J connectivity index is 2.39. The van der Waals surface area contributed by atoms with Crippen LogP contribution in [0.2, 0.25) is 0 Å². The van der Waals surface area contributed by atoms with Gasteiger partial charge in [0.25, 0.3) is 0 Å². The molecule has 1 aliphatic rings. The van der Waals surface area contributed by atoms with Gasteiger partial charge in [-0.3, -0.25) is 0 Å². The minimum atomic E-state index is 0.520. The third-order valence-corrected chi connectivity index (χ3v) is 2.77. The van der Waals surface area contributed by atoms with Crippen LogP contribution in [-0.4, -0.2) is 5.33 Å².